The fraction of sp³-hybridized carbons (Fsp3) is 0.625. The second-order valence-corrected chi connectivity index (χ2v) is 6.23. The fourth-order valence-corrected chi connectivity index (χ4v) is 2.83. The standard InChI is InChI=1S/C16H22F3NO/c1-5-21-14-9-13(15(14,3)4)20-11-7-6-10(2)12(8-11)16(17,18)19/h6-8,13-14,20H,5,9H2,1-4H3. The van der Waals surface area contributed by atoms with E-state index in [0.29, 0.717) is 12.3 Å². The van der Waals surface area contributed by atoms with Crippen molar-refractivity contribution in [3.05, 3.63) is 29.3 Å². The van der Waals surface area contributed by atoms with Gasteiger partial charge in [0, 0.05) is 23.8 Å². The molecule has 1 aliphatic rings. The van der Waals surface area contributed by atoms with Gasteiger partial charge in [0.15, 0.2) is 0 Å². The average molecular weight is 301 g/mol. The quantitative estimate of drug-likeness (QED) is 0.875. The minimum atomic E-state index is -4.31. The molecule has 2 nitrogen and oxygen atoms in total. The van der Waals surface area contributed by atoms with Gasteiger partial charge in [0.25, 0.3) is 0 Å². The molecule has 0 aliphatic heterocycles. The molecule has 0 saturated heterocycles. The van der Waals surface area contributed by atoms with Gasteiger partial charge in [0.1, 0.15) is 0 Å². The van der Waals surface area contributed by atoms with Crippen molar-refractivity contribution in [1.29, 1.82) is 0 Å². The van der Waals surface area contributed by atoms with E-state index in [0.717, 1.165) is 6.42 Å². The van der Waals surface area contributed by atoms with Gasteiger partial charge in [-0.05, 0) is 38.0 Å². The number of alkyl halides is 3. The molecule has 0 spiro atoms. The predicted molar refractivity (Wildman–Crippen MR) is 77.4 cm³/mol. The van der Waals surface area contributed by atoms with Gasteiger partial charge in [-0.25, -0.2) is 0 Å². The van der Waals surface area contributed by atoms with Crippen LogP contribution >= 0.6 is 0 Å². The molecule has 1 saturated carbocycles. The molecule has 1 aliphatic carbocycles. The minimum Gasteiger partial charge on any atom is -0.382 e. The maximum atomic E-state index is 12.9. The van der Waals surface area contributed by atoms with Crippen molar-refractivity contribution in [2.24, 2.45) is 5.41 Å². The van der Waals surface area contributed by atoms with Crippen molar-refractivity contribution in [2.45, 2.75) is 52.4 Å². The first-order valence-electron chi connectivity index (χ1n) is 7.22. The lowest BCUT2D eigenvalue weighted by Crippen LogP contribution is -2.58. The van der Waals surface area contributed by atoms with Crippen molar-refractivity contribution in [3.8, 4) is 0 Å². The Morgan fingerprint density at radius 3 is 2.52 bits per heavy atom. The highest BCUT2D eigenvalue weighted by atomic mass is 19.4. The van der Waals surface area contributed by atoms with E-state index in [1.165, 1.54) is 19.1 Å². The lowest BCUT2D eigenvalue weighted by atomic mass is 9.64. The maximum Gasteiger partial charge on any atom is 0.416 e. The monoisotopic (exact) mass is 301 g/mol. The number of ether oxygens (including phenoxy) is 1. The van der Waals surface area contributed by atoms with Gasteiger partial charge in [-0.2, -0.15) is 13.2 Å². The summed E-state index contributed by atoms with van der Waals surface area (Å²) in [6.45, 7) is 8.24. The van der Waals surface area contributed by atoms with Gasteiger partial charge in [0.2, 0.25) is 0 Å². The Morgan fingerprint density at radius 1 is 1.33 bits per heavy atom. The molecule has 5 heteroatoms. The van der Waals surface area contributed by atoms with Crippen molar-refractivity contribution in [1.82, 2.24) is 0 Å². The van der Waals surface area contributed by atoms with Crippen LogP contribution in [0.3, 0.4) is 0 Å². The number of aryl methyl sites for hydroxylation is 1. The molecule has 0 aromatic heterocycles. The van der Waals surface area contributed by atoms with Crippen LogP contribution in [0.25, 0.3) is 0 Å². The molecule has 1 fully saturated rings. The van der Waals surface area contributed by atoms with Gasteiger partial charge in [-0.3, -0.25) is 0 Å². The third-order valence-corrected chi connectivity index (χ3v) is 4.43. The second kappa shape index (κ2) is 5.52. The maximum absolute atomic E-state index is 12.9. The molecule has 21 heavy (non-hydrogen) atoms. The Hall–Kier alpha value is -1.23. The molecule has 0 amide bonds. The molecule has 0 bridgehead atoms. The van der Waals surface area contributed by atoms with Gasteiger partial charge in [0.05, 0.1) is 11.7 Å². The number of anilines is 1. The van der Waals surface area contributed by atoms with Crippen molar-refractivity contribution in [3.63, 3.8) is 0 Å². The van der Waals surface area contributed by atoms with Crippen molar-refractivity contribution < 1.29 is 17.9 Å². The molecule has 2 rings (SSSR count). The molecule has 1 N–H and O–H groups in total. The summed E-state index contributed by atoms with van der Waals surface area (Å²) in [4.78, 5) is 0. The first-order valence-corrected chi connectivity index (χ1v) is 7.22. The topological polar surface area (TPSA) is 21.3 Å². The van der Waals surface area contributed by atoms with Crippen molar-refractivity contribution in [2.75, 3.05) is 11.9 Å². The highest BCUT2D eigenvalue weighted by Crippen LogP contribution is 2.44. The molecule has 0 heterocycles. The zero-order chi connectivity index (χ0) is 15.8. The highest BCUT2D eigenvalue weighted by molar-refractivity contribution is 5.51. The zero-order valence-corrected chi connectivity index (χ0v) is 12.8. The van der Waals surface area contributed by atoms with Crippen LogP contribution in [0.2, 0.25) is 0 Å². The van der Waals surface area contributed by atoms with E-state index in [9.17, 15) is 13.2 Å². The Bertz CT molecular complexity index is 511. The van der Waals surface area contributed by atoms with E-state index in [2.05, 4.69) is 19.2 Å². The largest absolute Gasteiger partial charge is 0.416 e. The summed E-state index contributed by atoms with van der Waals surface area (Å²) in [5.41, 5.74) is 0.0966. The lowest BCUT2D eigenvalue weighted by molar-refractivity contribution is -0.138. The van der Waals surface area contributed by atoms with Crippen LogP contribution in [-0.2, 0) is 10.9 Å². The normalized spacial score (nSPS) is 24.5. The van der Waals surface area contributed by atoms with E-state index in [4.69, 9.17) is 4.74 Å². The van der Waals surface area contributed by atoms with E-state index in [1.807, 2.05) is 6.92 Å². The number of nitrogens with one attached hydrogen (secondary N) is 1. The minimum absolute atomic E-state index is 0.0840. The highest BCUT2D eigenvalue weighted by Gasteiger charge is 2.49. The summed E-state index contributed by atoms with van der Waals surface area (Å²) in [6, 6.07) is 4.53. The molecular formula is C16H22F3NO. The zero-order valence-electron chi connectivity index (χ0n) is 12.8. The molecule has 2 unspecified atom stereocenters. The average Bonchev–Trinajstić information content (AvgIpc) is 2.38. The van der Waals surface area contributed by atoms with E-state index >= 15 is 0 Å². The third-order valence-electron chi connectivity index (χ3n) is 4.43. The molecule has 0 radical (unpaired) electrons. The number of benzene rings is 1. The van der Waals surface area contributed by atoms with Gasteiger partial charge in [-0.15, -0.1) is 0 Å². The SMILES string of the molecule is CCOC1CC(Nc2ccc(C)c(C(F)(F)F)c2)C1(C)C. The van der Waals surface area contributed by atoms with Crippen LogP contribution < -0.4 is 5.32 Å². The van der Waals surface area contributed by atoms with Crippen LogP contribution in [0.15, 0.2) is 18.2 Å². The number of rotatable bonds is 4. The molecule has 1 aromatic rings. The van der Waals surface area contributed by atoms with Gasteiger partial charge >= 0.3 is 6.18 Å². The summed E-state index contributed by atoms with van der Waals surface area (Å²) >= 11 is 0. The summed E-state index contributed by atoms with van der Waals surface area (Å²) in [5, 5.41) is 3.22. The van der Waals surface area contributed by atoms with Gasteiger partial charge in [-0.1, -0.05) is 19.9 Å². The number of halogens is 3. The Kier molecular flexibility index (Phi) is 4.24. The van der Waals surface area contributed by atoms with Crippen LogP contribution in [0.4, 0.5) is 18.9 Å². The first kappa shape index (κ1) is 16.1. The molecular weight excluding hydrogens is 279 g/mol. The summed E-state index contributed by atoms with van der Waals surface area (Å²) in [7, 11) is 0. The fourth-order valence-electron chi connectivity index (χ4n) is 2.83. The molecule has 2 atom stereocenters. The molecule has 1 aromatic carbocycles. The van der Waals surface area contributed by atoms with Crippen LogP contribution in [0, 0.1) is 12.3 Å². The Labute approximate surface area is 123 Å². The Balaban J connectivity index is 2.12. The molecule has 118 valence electrons. The van der Waals surface area contributed by atoms with Crippen LogP contribution in [0.5, 0.6) is 0 Å². The summed E-state index contributed by atoms with van der Waals surface area (Å²) in [6.07, 6.45) is -3.34. The smallest absolute Gasteiger partial charge is 0.382 e. The third kappa shape index (κ3) is 3.18. The van der Waals surface area contributed by atoms with Crippen LogP contribution in [-0.4, -0.2) is 18.8 Å². The predicted octanol–water partition coefficient (Wildman–Crippen LogP) is 4.63. The van der Waals surface area contributed by atoms with E-state index in [1.54, 1.807) is 6.07 Å². The second-order valence-electron chi connectivity index (χ2n) is 6.23. The first-order chi connectivity index (χ1) is 9.66. The summed E-state index contributed by atoms with van der Waals surface area (Å²) in [5.74, 6) is 0. The number of hydrogen-bond donors (Lipinski definition) is 1. The van der Waals surface area contributed by atoms with E-state index < -0.39 is 11.7 Å². The van der Waals surface area contributed by atoms with Crippen molar-refractivity contribution >= 4 is 5.69 Å². The summed E-state index contributed by atoms with van der Waals surface area (Å²) < 4.78 is 44.4. The number of hydrogen-bond acceptors (Lipinski definition) is 2. The Morgan fingerprint density at radius 2 is 2.00 bits per heavy atom. The van der Waals surface area contributed by atoms with Crippen LogP contribution in [0.1, 0.15) is 38.3 Å². The lowest BCUT2D eigenvalue weighted by Gasteiger charge is -2.52. The van der Waals surface area contributed by atoms with E-state index in [-0.39, 0.29) is 23.1 Å². The van der Waals surface area contributed by atoms with Gasteiger partial charge < -0.3 is 10.1 Å².